The standard InChI is InChI=1S/C13H25N3O3S/c1-3-15(4-2)20(18,19)16-10-9-11-12(16)7-5-6-8-13(17)14-11/h11-12H,3-10H2,1-2H3,(H,14,17)/t11-,12+/m0/s1. The summed E-state index contributed by atoms with van der Waals surface area (Å²) in [6.07, 6.45) is 3.88. The summed E-state index contributed by atoms with van der Waals surface area (Å²) in [4.78, 5) is 11.7. The van der Waals surface area contributed by atoms with Crippen LogP contribution in [0.15, 0.2) is 0 Å². The lowest BCUT2D eigenvalue weighted by molar-refractivity contribution is -0.122. The maximum atomic E-state index is 12.7. The van der Waals surface area contributed by atoms with E-state index in [2.05, 4.69) is 5.32 Å². The van der Waals surface area contributed by atoms with Crippen LogP contribution < -0.4 is 5.32 Å². The van der Waals surface area contributed by atoms with Crippen molar-refractivity contribution in [2.75, 3.05) is 19.6 Å². The molecular weight excluding hydrogens is 278 g/mol. The monoisotopic (exact) mass is 303 g/mol. The third kappa shape index (κ3) is 2.99. The summed E-state index contributed by atoms with van der Waals surface area (Å²) in [6.45, 7) is 5.19. The van der Waals surface area contributed by atoms with Crippen molar-refractivity contribution in [1.82, 2.24) is 13.9 Å². The third-order valence-electron chi connectivity index (χ3n) is 4.32. The Morgan fingerprint density at radius 1 is 1.25 bits per heavy atom. The highest BCUT2D eigenvalue weighted by Gasteiger charge is 2.43. The van der Waals surface area contributed by atoms with E-state index in [-0.39, 0.29) is 18.0 Å². The lowest BCUT2D eigenvalue weighted by atomic mass is 9.99. The molecule has 0 aromatic carbocycles. The van der Waals surface area contributed by atoms with E-state index >= 15 is 0 Å². The maximum Gasteiger partial charge on any atom is 0.282 e. The Bertz CT molecular complexity index is 448. The molecule has 0 aromatic rings. The normalized spacial score (nSPS) is 28.9. The fourth-order valence-electron chi connectivity index (χ4n) is 3.24. The summed E-state index contributed by atoms with van der Waals surface area (Å²) in [5, 5.41) is 2.99. The zero-order valence-corrected chi connectivity index (χ0v) is 13.2. The molecule has 2 rings (SSSR count). The Morgan fingerprint density at radius 2 is 1.95 bits per heavy atom. The van der Waals surface area contributed by atoms with Crippen molar-refractivity contribution in [2.24, 2.45) is 0 Å². The number of rotatable bonds is 4. The van der Waals surface area contributed by atoms with Crippen LogP contribution in [0.1, 0.15) is 46.0 Å². The molecule has 2 atom stereocenters. The molecule has 0 saturated carbocycles. The molecule has 0 radical (unpaired) electrons. The van der Waals surface area contributed by atoms with Crippen molar-refractivity contribution in [3.63, 3.8) is 0 Å². The van der Waals surface area contributed by atoms with Gasteiger partial charge in [-0.3, -0.25) is 4.79 Å². The predicted molar refractivity (Wildman–Crippen MR) is 77.4 cm³/mol. The highest BCUT2D eigenvalue weighted by atomic mass is 32.2. The summed E-state index contributed by atoms with van der Waals surface area (Å²) in [5.74, 6) is 0.0572. The second-order valence-corrected chi connectivity index (χ2v) is 7.36. The van der Waals surface area contributed by atoms with Crippen molar-refractivity contribution < 1.29 is 13.2 Å². The molecule has 2 fully saturated rings. The average molecular weight is 303 g/mol. The van der Waals surface area contributed by atoms with Crippen LogP contribution in [0.5, 0.6) is 0 Å². The van der Waals surface area contributed by atoms with E-state index in [1.54, 1.807) is 4.31 Å². The molecule has 0 aromatic heterocycles. The first kappa shape index (κ1) is 15.7. The first-order valence-electron chi connectivity index (χ1n) is 7.57. The number of hydrogen-bond donors (Lipinski definition) is 1. The number of nitrogens with zero attached hydrogens (tertiary/aromatic N) is 2. The Balaban J connectivity index is 2.19. The largest absolute Gasteiger partial charge is 0.352 e. The van der Waals surface area contributed by atoms with Gasteiger partial charge in [0.25, 0.3) is 10.2 Å². The van der Waals surface area contributed by atoms with Gasteiger partial charge in [0.2, 0.25) is 5.91 Å². The highest BCUT2D eigenvalue weighted by molar-refractivity contribution is 7.86. The van der Waals surface area contributed by atoms with E-state index in [0.717, 1.165) is 25.7 Å². The zero-order valence-electron chi connectivity index (χ0n) is 12.3. The number of carbonyl (C=O) groups excluding carboxylic acids is 1. The van der Waals surface area contributed by atoms with Gasteiger partial charge in [-0.15, -0.1) is 0 Å². The Labute approximate surface area is 121 Å². The lowest BCUT2D eigenvalue weighted by Crippen LogP contribution is -2.51. The van der Waals surface area contributed by atoms with E-state index in [0.29, 0.717) is 26.1 Å². The van der Waals surface area contributed by atoms with Crippen LogP contribution >= 0.6 is 0 Å². The van der Waals surface area contributed by atoms with Crippen LogP contribution in [-0.4, -0.2) is 54.7 Å². The van der Waals surface area contributed by atoms with Gasteiger partial charge in [-0.2, -0.15) is 17.0 Å². The van der Waals surface area contributed by atoms with Crippen LogP contribution in [0.3, 0.4) is 0 Å². The third-order valence-corrected chi connectivity index (χ3v) is 6.54. The molecule has 0 spiro atoms. The molecule has 0 unspecified atom stereocenters. The van der Waals surface area contributed by atoms with Gasteiger partial charge < -0.3 is 5.32 Å². The Kier molecular flexibility index (Phi) is 5.04. The Hall–Kier alpha value is -0.660. The minimum atomic E-state index is -3.40. The van der Waals surface area contributed by atoms with Crippen molar-refractivity contribution >= 4 is 16.1 Å². The summed E-state index contributed by atoms with van der Waals surface area (Å²) in [6, 6.07) is -0.0991. The molecule has 2 aliphatic heterocycles. The minimum Gasteiger partial charge on any atom is -0.352 e. The van der Waals surface area contributed by atoms with Gasteiger partial charge in [-0.25, -0.2) is 0 Å². The molecule has 0 bridgehead atoms. The van der Waals surface area contributed by atoms with Crippen molar-refractivity contribution in [1.29, 1.82) is 0 Å². The van der Waals surface area contributed by atoms with Crippen molar-refractivity contribution in [3.05, 3.63) is 0 Å². The summed E-state index contributed by atoms with van der Waals surface area (Å²) < 4.78 is 28.4. The first-order chi connectivity index (χ1) is 9.50. The lowest BCUT2D eigenvalue weighted by Gasteiger charge is -2.32. The van der Waals surface area contributed by atoms with E-state index < -0.39 is 10.2 Å². The van der Waals surface area contributed by atoms with E-state index in [9.17, 15) is 13.2 Å². The van der Waals surface area contributed by atoms with E-state index in [1.807, 2.05) is 13.8 Å². The summed E-state index contributed by atoms with van der Waals surface area (Å²) >= 11 is 0. The van der Waals surface area contributed by atoms with Gasteiger partial charge in [-0.05, 0) is 19.3 Å². The number of hydrogen-bond acceptors (Lipinski definition) is 3. The van der Waals surface area contributed by atoms with Gasteiger partial charge in [0.05, 0.1) is 0 Å². The van der Waals surface area contributed by atoms with E-state index in [4.69, 9.17) is 0 Å². The fourth-order valence-corrected chi connectivity index (χ4v) is 5.12. The van der Waals surface area contributed by atoms with Crippen molar-refractivity contribution in [2.45, 2.75) is 58.0 Å². The zero-order chi connectivity index (χ0) is 14.8. The van der Waals surface area contributed by atoms with Gasteiger partial charge >= 0.3 is 0 Å². The minimum absolute atomic E-state index is 0.0202. The topological polar surface area (TPSA) is 69.7 Å². The molecule has 7 heteroatoms. The smallest absolute Gasteiger partial charge is 0.282 e. The molecule has 116 valence electrons. The van der Waals surface area contributed by atoms with Gasteiger partial charge in [-0.1, -0.05) is 20.3 Å². The summed E-state index contributed by atoms with van der Waals surface area (Å²) in [7, 11) is -3.40. The molecule has 1 N–H and O–H groups in total. The SMILES string of the molecule is CCN(CC)S(=O)(=O)N1CC[C@@H]2NC(=O)CCCC[C@H]21. The summed E-state index contributed by atoms with van der Waals surface area (Å²) in [5.41, 5.74) is 0. The second kappa shape index (κ2) is 6.41. The molecule has 1 amide bonds. The molecule has 2 heterocycles. The maximum absolute atomic E-state index is 12.7. The predicted octanol–water partition coefficient (Wildman–Crippen LogP) is 0.706. The number of carbonyl (C=O) groups is 1. The number of nitrogens with one attached hydrogen (secondary N) is 1. The van der Waals surface area contributed by atoms with E-state index in [1.165, 1.54) is 4.31 Å². The highest BCUT2D eigenvalue weighted by Crippen LogP contribution is 2.28. The molecular formula is C13H25N3O3S. The molecule has 2 aliphatic rings. The quantitative estimate of drug-likeness (QED) is 0.831. The van der Waals surface area contributed by atoms with Gasteiger partial charge in [0, 0.05) is 38.1 Å². The number of amides is 1. The molecule has 0 aliphatic carbocycles. The molecule has 2 saturated heterocycles. The van der Waals surface area contributed by atoms with Crippen LogP contribution in [0, 0.1) is 0 Å². The number of fused-ring (bicyclic) bond motifs is 1. The van der Waals surface area contributed by atoms with Crippen LogP contribution in [0.4, 0.5) is 0 Å². The average Bonchev–Trinajstić information content (AvgIpc) is 2.76. The molecule has 20 heavy (non-hydrogen) atoms. The fraction of sp³-hybridized carbons (Fsp3) is 0.923. The van der Waals surface area contributed by atoms with Gasteiger partial charge in [0.15, 0.2) is 0 Å². The first-order valence-corrected chi connectivity index (χ1v) is 8.96. The van der Waals surface area contributed by atoms with Crippen LogP contribution in [0.2, 0.25) is 0 Å². The van der Waals surface area contributed by atoms with Crippen LogP contribution in [0.25, 0.3) is 0 Å². The van der Waals surface area contributed by atoms with Crippen LogP contribution in [-0.2, 0) is 15.0 Å². The second-order valence-electron chi connectivity index (χ2n) is 5.48. The Morgan fingerprint density at radius 3 is 2.60 bits per heavy atom. The van der Waals surface area contributed by atoms with Crippen molar-refractivity contribution in [3.8, 4) is 0 Å². The van der Waals surface area contributed by atoms with Gasteiger partial charge in [0.1, 0.15) is 0 Å². The molecule has 6 nitrogen and oxygen atoms in total.